The van der Waals surface area contributed by atoms with Crippen LogP contribution in [0.5, 0.6) is 0 Å². The van der Waals surface area contributed by atoms with Crippen molar-refractivity contribution < 1.29 is 0 Å². The van der Waals surface area contributed by atoms with E-state index >= 15 is 0 Å². The van der Waals surface area contributed by atoms with E-state index in [1.165, 1.54) is 18.4 Å². The van der Waals surface area contributed by atoms with Gasteiger partial charge < -0.3 is 4.90 Å². The van der Waals surface area contributed by atoms with E-state index in [1.807, 2.05) is 41.0 Å². The van der Waals surface area contributed by atoms with E-state index in [1.54, 1.807) is 0 Å². The second kappa shape index (κ2) is 6.17. The molecule has 2 bridgehead atoms. The number of aromatic nitrogens is 1. The Balaban J connectivity index is 1.60. The van der Waals surface area contributed by atoms with E-state index in [0.717, 1.165) is 42.1 Å². The maximum absolute atomic E-state index is 13.2. The minimum absolute atomic E-state index is 0.143. The minimum Gasteiger partial charge on any atom is -0.358 e. The third-order valence-corrected chi connectivity index (χ3v) is 5.72. The Morgan fingerprint density at radius 1 is 0.808 bits per heavy atom. The van der Waals surface area contributed by atoms with Gasteiger partial charge in [0.2, 0.25) is 0 Å². The first-order valence-electron chi connectivity index (χ1n) is 9.44. The molecule has 2 aromatic carbocycles. The van der Waals surface area contributed by atoms with E-state index in [0.29, 0.717) is 5.92 Å². The van der Waals surface area contributed by atoms with Crippen LogP contribution in [0.4, 0.5) is 5.82 Å². The SMILES string of the molecule is O=c1c(-c2cccc(-c3ccccc3)c2)ccc2n1CC1CCCN2C1. The molecule has 0 radical (unpaired) electrons. The van der Waals surface area contributed by atoms with Gasteiger partial charge in [0.1, 0.15) is 5.82 Å². The number of pyridine rings is 1. The fraction of sp³-hybridized carbons (Fsp3) is 0.261. The molecule has 0 amide bonds. The Bertz CT molecular complexity index is 1010. The van der Waals surface area contributed by atoms with Gasteiger partial charge in [0.05, 0.1) is 0 Å². The predicted molar refractivity (Wildman–Crippen MR) is 107 cm³/mol. The van der Waals surface area contributed by atoms with Crippen LogP contribution in [0.15, 0.2) is 71.5 Å². The van der Waals surface area contributed by atoms with Crippen LogP contribution in [-0.2, 0) is 6.54 Å². The Kier molecular flexibility index (Phi) is 3.66. The zero-order chi connectivity index (χ0) is 17.5. The van der Waals surface area contributed by atoms with Gasteiger partial charge in [-0.25, -0.2) is 0 Å². The maximum atomic E-state index is 13.2. The number of nitrogens with zero attached hydrogens (tertiary/aromatic N) is 2. The fourth-order valence-corrected chi connectivity index (χ4v) is 4.42. The number of piperidine rings is 1. The molecule has 0 aliphatic carbocycles. The van der Waals surface area contributed by atoms with Gasteiger partial charge in [-0.2, -0.15) is 0 Å². The van der Waals surface area contributed by atoms with Gasteiger partial charge in [0, 0.05) is 25.2 Å². The summed E-state index contributed by atoms with van der Waals surface area (Å²) in [4.78, 5) is 15.6. The van der Waals surface area contributed by atoms with Crippen LogP contribution in [0.25, 0.3) is 22.3 Å². The first-order chi connectivity index (χ1) is 12.8. The van der Waals surface area contributed by atoms with Crippen molar-refractivity contribution in [3.8, 4) is 22.3 Å². The average molecular weight is 342 g/mol. The van der Waals surface area contributed by atoms with Gasteiger partial charge >= 0.3 is 0 Å². The maximum Gasteiger partial charge on any atom is 0.259 e. The van der Waals surface area contributed by atoms with Crippen LogP contribution in [-0.4, -0.2) is 17.7 Å². The van der Waals surface area contributed by atoms with E-state index in [2.05, 4.69) is 35.2 Å². The Hall–Kier alpha value is -2.81. The van der Waals surface area contributed by atoms with Gasteiger partial charge in [-0.1, -0.05) is 48.5 Å². The molecule has 26 heavy (non-hydrogen) atoms. The molecule has 2 aliphatic heterocycles. The van der Waals surface area contributed by atoms with Crippen molar-refractivity contribution >= 4 is 5.82 Å². The molecule has 3 nitrogen and oxygen atoms in total. The molecule has 0 saturated carbocycles. The van der Waals surface area contributed by atoms with Crippen molar-refractivity contribution in [2.24, 2.45) is 5.92 Å². The van der Waals surface area contributed by atoms with Gasteiger partial charge in [-0.3, -0.25) is 9.36 Å². The Labute approximate surface area is 153 Å². The van der Waals surface area contributed by atoms with Gasteiger partial charge in [-0.15, -0.1) is 0 Å². The smallest absolute Gasteiger partial charge is 0.259 e. The second-order valence-electron chi connectivity index (χ2n) is 7.42. The molecule has 0 spiro atoms. The lowest BCUT2D eigenvalue weighted by Gasteiger charge is -2.41. The summed E-state index contributed by atoms with van der Waals surface area (Å²) in [5.41, 5.74) is 4.26. The van der Waals surface area contributed by atoms with Crippen LogP contribution in [0.2, 0.25) is 0 Å². The molecule has 3 aromatic rings. The molecule has 3 heterocycles. The van der Waals surface area contributed by atoms with Crippen molar-refractivity contribution in [1.29, 1.82) is 0 Å². The van der Waals surface area contributed by atoms with E-state index < -0.39 is 0 Å². The van der Waals surface area contributed by atoms with Crippen molar-refractivity contribution in [2.45, 2.75) is 19.4 Å². The standard InChI is InChI=1S/C23H22N2O/c26-23-21(11-12-22-24-13-5-6-17(15-24)16-25(22)23)20-10-4-9-19(14-20)18-7-2-1-3-8-18/h1-4,7-12,14,17H,5-6,13,15-16H2. The zero-order valence-corrected chi connectivity index (χ0v) is 14.8. The molecule has 0 N–H and O–H groups in total. The summed E-state index contributed by atoms with van der Waals surface area (Å²) in [6.07, 6.45) is 2.47. The second-order valence-corrected chi connectivity index (χ2v) is 7.42. The number of benzene rings is 2. The zero-order valence-electron chi connectivity index (χ0n) is 14.8. The molecule has 130 valence electrons. The van der Waals surface area contributed by atoms with Gasteiger partial charge in [0.15, 0.2) is 0 Å². The third kappa shape index (κ3) is 2.55. The first-order valence-corrected chi connectivity index (χ1v) is 9.44. The number of rotatable bonds is 2. The molecule has 1 saturated heterocycles. The lowest BCUT2D eigenvalue weighted by molar-refractivity contribution is 0.329. The van der Waals surface area contributed by atoms with Crippen LogP contribution in [0, 0.1) is 5.92 Å². The van der Waals surface area contributed by atoms with Crippen LogP contribution < -0.4 is 10.5 Å². The topological polar surface area (TPSA) is 25.2 Å². The minimum atomic E-state index is 0.143. The predicted octanol–water partition coefficient (Wildman–Crippen LogP) is 4.41. The van der Waals surface area contributed by atoms with E-state index in [-0.39, 0.29) is 5.56 Å². The lowest BCUT2D eigenvalue weighted by atomic mass is 9.94. The fourth-order valence-electron chi connectivity index (χ4n) is 4.42. The van der Waals surface area contributed by atoms with Crippen LogP contribution in [0.3, 0.4) is 0 Å². The molecule has 5 rings (SSSR count). The van der Waals surface area contributed by atoms with Gasteiger partial charge in [-0.05, 0) is 53.6 Å². The lowest BCUT2D eigenvalue weighted by Crippen LogP contribution is -2.46. The van der Waals surface area contributed by atoms with Crippen molar-refractivity contribution in [3.05, 3.63) is 77.1 Å². The van der Waals surface area contributed by atoms with E-state index in [4.69, 9.17) is 0 Å². The number of hydrogen-bond acceptors (Lipinski definition) is 2. The highest BCUT2D eigenvalue weighted by molar-refractivity contribution is 5.73. The summed E-state index contributed by atoms with van der Waals surface area (Å²) in [7, 11) is 0. The monoisotopic (exact) mass is 342 g/mol. The Morgan fingerprint density at radius 3 is 2.50 bits per heavy atom. The summed E-state index contributed by atoms with van der Waals surface area (Å²) in [5.74, 6) is 1.70. The van der Waals surface area contributed by atoms with Crippen LogP contribution in [0.1, 0.15) is 12.8 Å². The molecule has 1 atom stereocenters. The molecular formula is C23H22N2O. The molecule has 1 unspecified atom stereocenters. The number of anilines is 1. The largest absolute Gasteiger partial charge is 0.358 e. The number of hydrogen-bond donors (Lipinski definition) is 0. The summed E-state index contributed by atoms with van der Waals surface area (Å²) in [5, 5.41) is 0. The molecule has 3 heteroatoms. The van der Waals surface area contributed by atoms with Gasteiger partial charge in [0.25, 0.3) is 5.56 Å². The normalized spacial score (nSPS) is 18.5. The van der Waals surface area contributed by atoms with Crippen molar-refractivity contribution in [1.82, 2.24) is 4.57 Å². The summed E-state index contributed by atoms with van der Waals surface area (Å²) < 4.78 is 2.00. The van der Waals surface area contributed by atoms with Crippen LogP contribution >= 0.6 is 0 Å². The average Bonchev–Trinajstić information content (AvgIpc) is 2.70. The summed E-state index contributed by atoms with van der Waals surface area (Å²) in [6.45, 7) is 3.03. The quantitative estimate of drug-likeness (QED) is 0.689. The summed E-state index contributed by atoms with van der Waals surface area (Å²) >= 11 is 0. The summed E-state index contributed by atoms with van der Waals surface area (Å²) in [6, 6.07) is 22.8. The highest BCUT2D eigenvalue weighted by atomic mass is 16.1. The third-order valence-electron chi connectivity index (χ3n) is 5.72. The molecule has 2 aliphatic rings. The first kappa shape index (κ1) is 15.4. The number of fused-ring (bicyclic) bond motifs is 4. The Morgan fingerprint density at radius 2 is 1.62 bits per heavy atom. The van der Waals surface area contributed by atoms with Crippen molar-refractivity contribution in [3.63, 3.8) is 0 Å². The van der Waals surface area contributed by atoms with E-state index in [9.17, 15) is 4.79 Å². The molecule has 1 aromatic heterocycles. The highest BCUT2D eigenvalue weighted by Crippen LogP contribution is 2.31. The molecular weight excluding hydrogens is 320 g/mol. The molecule has 1 fully saturated rings. The highest BCUT2D eigenvalue weighted by Gasteiger charge is 2.29. The van der Waals surface area contributed by atoms with Crippen molar-refractivity contribution in [2.75, 3.05) is 18.0 Å².